The van der Waals surface area contributed by atoms with E-state index in [4.69, 9.17) is 11.6 Å². The quantitative estimate of drug-likeness (QED) is 0.787. The van der Waals surface area contributed by atoms with Crippen molar-refractivity contribution in [1.29, 1.82) is 0 Å². The number of nitrogens with zero attached hydrogens (tertiary/aromatic N) is 2. The Labute approximate surface area is 103 Å². The van der Waals surface area contributed by atoms with Crippen molar-refractivity contribution < 1.29 is 9.18 Å². The first-order valence-corrected chi connectivity index (χ1v) is 5.39. The molecule has 0 aliphatic carbocycles. The molecule has 0 atom stereocenters. The molecule has 5 heteroatoms. The van der Waals surface area contributed by atoms with E-state index in [-0.39, 0.29) is 12.2 Å². The fourth-order valence-corrected chi connectivity index (χ4v) is 1.76. The van der Waals surface area contributed by atoms with E-state index in [1.165, 1.54) is 30.7 Å². The third kappa shape index (κ3) is 2.53. The lowest BCUT2D eigenvalue weighted by atomic mass is 10.1. The van der Waals surface area contributed by atoms with Gasteiger partial charge in [-0.1, -0.05) is 11.6 Å². The largest absolute Gasteiger partial charge is 0.331 e. The molecule has 17 heavy (non-hydrogen) atoms. The van der Waals surface area contributed by atoms with Gasteiger partial charge in [0.05, 0.1) is 12.5 Å². The highest BCUT2D eigenvalue weighted by Crippen LogP contribution is 2.16. The van der Waals surface area contributed by atoms with Crippen LogP contribution < -0.4 is 0 Å². The highest BCUT2D eigenvalue weighted by atomic mass is 35.5. The average Bonchev–Trinajstić information content (AvgIpc) is 2.70. The molecule has 1 aromatic heterocycles. The molecule has 2 aromatic rings. The summed E-state index contributed by atoms with van der Waals surface area (Å²) in [4.78, 5) is 15.7. The zero-order chi connectivity index (χ0) is 12.4. The third-order valence-electron chi connectivity index (χ3n) is 2.46. The molecule has 0 aliphatic rings. The first-order chi connectivity index (χ1) is 8.08. The minimum atomic E-state index is -0.426. The minimum Gasteiger partial charge on any atom is -0.331 e. The molecule has 3 nitrogen and oxygen atoms in total. The van der Waals surface area contributed by atoms with Crippen molar-refractivity contribution in [3.8, 4) is 0 Å². The number of halogens is 2. The van der Waals surface area contributed by atoms with Crippen molar-refractivity contribution in [3.63, 3.8) is 0 Å². The summed E-state index contributed by atoms with van der Waals surface area (Å²) in [6, 6.07) is 4.17. The molecule has 0 N–H and O–H groups in total. The van der Waals surface area contributed by atoms with Gasteiger partial charge in [-0.15, -0.1) is 0 Å². The van der Waals surface area contributed by atoms with Crippen LogP contribution in [0.5, 0.6) is 0 Å². The topological polar surface area (TPSA) is 34.9 Å². The number of benzene rings is 1. The van der Waals surface area contributed by atoms with E-state index in [9.17, 15) is 9.18 Å². The zero-order valence-electron chi connectivity index (χ0n) is 9.15. The molecule has 1 aromatic carbocycles. The van der Waals surface area contributed by atoms with E-state index >= 15 is 0 Å². The van der Waals surface area contributed by atoms with Gasteiger partial charge in [0, 0.05) is 18.5 Å². The van der Waals surface area contributed by atoms with Crippen molar-refractivity contribution in [2.75, 3.05) is 0 Å². The molecular formula is C12H10ClFN2O. The normalized spacial score (nSPS) is 10.5. The van der Waals surface area contributed by atoms with Gasteiger partial charge in [-0.25, -0.2) is 9.37 Å². The molecule has 88 valence electrons. The average molecular weight is 253 g/mol. The number of hydrogen-bond acceptors (Lipinski definition) is 2. The van der Waals surface area contributed by atoms with Gasteiger partial charge < -0.3 is 4.57 Å². The van der Waals surface area contributed by atoms with Gasteiger partial charge in [0.1, 0.15) is 11.5 Å². The van der Waals surface area contributed by atoms with E-state index in [2.05, 4.69) is 4.98 Å². The third-order valence-corrected chi connectivity index (χ3v) is 2.70. The Hall–Kier alpha value is -1.68. The molecule has 0 unspecified atom stereocenters. The number of aryl methyl sites for hydroxylation is 1. The van der Waals surface area contributed by atoms with Crippen molar-refractivity contribution in [2.24, 2.45) is 7.05 Å². The van der Waals surface area contributed by atoms with Crippen LogP contribution in [0.2, 0.25) is 5.02 Å². The van der Waals surface area contributed by atoms with Crippen LogP contribution in [0.4, 0.5) is 4.39 Å². The maximum Gasteiger partial charge on any atom is 0.185 e. The van der Waals surface area contributed by atoms with E-state index in [0.29, 0.717) is 16.3 Å². The highest BCUT2D eigenvalue weighted by Gasteiger charge is 2.13. The number of carbonyl (C=O) groups excluding carboxylic acids is 1. The number of hydrogen-bond donors (Lipinski definition) is 0. The van der Waals surface area contributed by atoms with Crippen molar-refractivity contribution in [2.45, 2.75) is 6.42 Å². The maximum absolute atomic E-state index is 13.4. The van der Waals surface area contributed by atoms with E-state index in [0.717, 1.165) is 0 Å². The van der Waals surface area contributed by atoms with Crippen LogP contribution in [0.3, 0.4) is 0 Å². The summed E-state index contributed by atoms with van der Waals surface area (Å²) in [7, 11) is 1.72. The SMILES string of the molecule is Cn1cncc1C(=O)Cc1cc(Cl)ccc1F. The van der Waals surface area contributed by atoms with Crippen LogP contribution in [0, 0.1) is 5.82 Å². The highest BCUT2D eigenvalue weighted by molar-refractivity contribution is 6.30. The molecule has 0 amide bonds. The van der Waals surface area contributed by atoms with Crippen molar-refractivity contribution in [1.82, 2.24) is 9.55 Å². The van der Waals surface area contributed by atoms with Crippen LogP contribution in [0.1, 0.15) is 16.1 Å². The van der Waals surface area contributed by atoms with Gasteiger partial charge >= 0.3 is 0 Å². The lowest BCUT2D eigenvalue weighted by Crippen LogP contribution is -2.09. The fourth-order valence-electron chi connectivity index (χ4n) is 1.57. The minimum absolute atomic E-state index is 0.0219. The molecule has 0 bridgehead atoms. The number of ketones is 1. The number of Topliss-reactive ketones (excluding diaryl/α,β-unsaturated/α-hetero) is 1. The van der Waals surface area contributed by atoms with Crippen LogP contribution in [0.25, 0.3) is 0 Å². The van der Waals surface area contributed by atoms with Crippen LogP contribution in [0.15, 0.2) is 30.7 Å². The molecule has 0 spiro atoms. The van der Waals surface area contributed by atoms with Gasteiger partial charge in [0.25, 0.3) is 0 Å². The summed E-state index contributed by atoms with van der Waals surface area (Å²) >= 11 is 5.76. The molecule has 0 aliphatic heterocycles. The first-order valence-electron chi connectivity index (χ1n) is 5.01. The van der Waals surface area contributed by atoms with E-state index in [1.54, 1.807) is 11.6 Å². The summed E-state index contributed by atoms with van der Waals surface area (Å²) in [5.74, 6) is -0.615. The van der Waals surface area contributed by atoms with Gasteiger partial charge in [0.2, 0.25) is 0 Å². The van der Waals surface area contributed by atoms with Crippen LogP contribution >= 0.6 is 11.6 Å². The van der Waals surface area contributed by atoms with Gasteiger partial charge in [-0.2, -0.15) is 0 Å². The summed E-state index contributed by atoms with van der Waals surface area (Å²) in [5.41, 5.74) is 0.744. The molecule has 0 fully saturated rings. The van der Waals surface area contributed by atoms with Crippen LogP contribution in [-0.2, 0) is 13.5 Å². The van der Waals surface area contributed by atoms with E-state index < -0.39 is 5.82 Å². The maximum atomic E-state index is 13.4. The number of imidazole rings is 1. The Morgan fingerprint density at radius 2 is 2.29 bits per heavy atom. The second-order valence-corrected chi connectivity index (χ2v) is 4.16. The molecular weight excluding hydrogens is 243 g/mol. The summed E-state index contributed by atoms with van der Waals surface area (Å²) in [5, 5.41) is 0.416. The summed E-state index contributed by atoms with van der Waals surface area (Å²) in [6.07, 6.45) is 2.97. The smallest absolute Gasteiger partial charge is 0.185 e. The lowest BCUT2D eigenvalue weighted by molar-refractivity contribution is 0.0984. The van der Waals surface area contributed by atoms with Crippen molar-refractivity contribution in [3.05, 3.63) is 52.8 Å². The molecule has 0 saturated heterocycles. The summed E-state index contributed by atoms with van der Waals surface area (Å²) < 4.78 is 15.0. The Kier molecular flexibility index (Phi) is 3.24. The Balaban J connectivity index is 2.24. The Bertz CT molecular complexity index is 565. The zero-order valence-corrected chi connectivity index (χ0v) is 9.91. The predicted octanol–water partition coefficient (Wildman–Crippen LogP) is 2.64. The van der Waals surface area contributed by atoms with E-state index in [1.807, 2.05) is 0 Å². The van der Waals surface area contributed by atoms with Crippen molar-refractivity contribution >= 4 is 17.4 Å². The van der Waals surface area contributed by atoms with Gasteiger partial charge in [-0.05, 0) is 23.8 Å². The molecule has 0 radical (unpaired) electrons. The molecule has 0 saturated carbocycles. The first kappa shape index (κ1) is 11.8. The molecule has 1 heterocycles. The number of rotatable bonds is 3. The monoisotopic (exact) mass is 252 g/mol. The predicted molar refractivity (Wildman–Crippen MR) is 62.7 cm³/mol. The Morgan fingerprint density at radius 1 is 1.53 bits per heavy atom. The second kappa shape index (κ2) is 4.67. The number of aromatic nitrogens is 2. The summed E-state index contributed by atoms with van der Waals surface area (Å²) in [6.45, 7) is 0. The number of carbonyl (C=O) groups is 1. The fraction of sp³-hybridized carbons (Fsp3) is 0.167. The second-order valence-electron chi connectivity index (χ2n) is 3.73. The van der Waals surface area contributed by atoms with Gasteiger partial charge in [0.15, 0.2) is 5.78 Å². The van der Waals surface area contributed by atoms with Gasteiger partial charge in [-0.3, -0.25) is 4.79 Å². The van der Waals surface area contributed by atoms with Crippen LogP contribution in [-0.4, -0.2) is 15.3 Å². The standard InChI is InChI=1S/C12H10ClFN2O/c1-16-7-15-6-11(16)12(17)5-8-4-9(13)2-3-10(8)14/h2-4,6-7H,5H2,1H3. The lowest BCUT2D eigenvalue weighted by Gasteiger charge is -2.04. The molecule has 2 rings (SSSR count). The Morgan fingerprint density at radius 3 is 2.94 bits per heavy atom.